The Hall–Kier alpha value is -1.33. The summed E-state index contributed by atoms with van der Waals surface area (Å²) in [6, 6.07) is 0. The number of hydrogen-bond acceptors (Lipinski definition) is 5. The molecule has 1 aliphatic carbocycles. The lowest BCUT2D eigenvalue weighted by molar-refractivity contribution is 0.238. The first-order valence-electron chi connectivity index (χ1n) is 7.11. The van der Waals surface area contributed by atoms with Gasteiger partial charge in [0.05, 0.1) is 11.2 Å². The molecule has 0 bridgehead atoms. The smallest absolute Gasteiger partial charge is 0.113 e. The molecule has 2 unspecified atom stereocenters. The van der Waals surface area contributed by atoms with Gasteiger partial charge >= 0.3 is 0 Å². The van der Waals surface area contributed by atoms with Gasteiger partial charge in [-0.25, -0.2) is 4.98 Å². The van der Waals surface area contributed by atoms with Crippen molar-refractivity contribution in [2.45, 2.75) is 45.1 Å². The van der Waals surface area contributed by atoms with Crippen molar-refractivity contribution in [1.29, 1.82) is 0 Å². The number of nitrogens with two attached hydrogens (primary N) is 1. The van der Waals surface area contributed by atoms with Gasteiger partial charge < -0.3 is 5.73 Å². The van der Waals surface area contributed by atoms with E-state index in [0.29, 0.717) is 5.92 Å². The summed E-state index contributed by atoms with van der Waals surface area (Å²) >= 11 is 1.66. The van der Waals surface area contributed by atoms with E-state index in [-0.39, 0.29) is 5.54 Å². The van der Waals surface area contributed by atoms with Crippen molar-refractivity contribution >= 4 is 11.3 Å². The highest BCUT2D eigenvalue weighted by molar-refractivity contribution is 7.10. The van der Waals surface area contributed by atoms with Crippen LogP contribution < -0.4 is 5.73 Å². The van der Waals surface area contributed by atoms with Crippen LogP contribution in [-0.2, 0) is 5.54 Å². The van der Waals surface area contributed by atoms with Crippen molar-refractivity contribution in [3.8, 4) is 11.4 Å². The average molecular weight is 288 g/mol. The zero-order chi connectivity index (χ0) is 14.2. The molecule has 0 saturated heterocycles. The molecule has 1 aliphatic rings. The molecule has 3 rings (SSSR count). The minimum Gasteiger partial charge on any atom is -0.319 e. The molecule has 0 aromatic carbocycles. The fourth-order valence-electron chi connectivity index (χ4n) is 3.06. The highest BCUT2D eigenvalue weighted by Gasteiger charge is 2.35. The van der Waals surface area contributed by atoms with Crippen molar-refractivity contribution in [2.75, 3.05) is 0 Å². The Balaban J connectivity index is 1.92. The van der Waals surface area contributed by atoms with Gasteiger partial charge in [-0.05, 0) is 25.7 Å². The number of hydrogen-bond donors (Lipinski definition) is 1. The molecule has 106 valence electrons. The molecular weight excluding hydrogens is 268 g/mol. The molecule has 20 heavy (non-hydrogen) atoms. The van der Waals surface area contributed by atoms with E-state index in [1.807, 2.05) is 6.92 Å². The molecule has 0 aliphatic heterocycles. The summed E-state index contributed by atoms with van der Waals surface area (Å²) in [5, 5.41) is 3.10. The molecule has 2 aromatic rings. The van der Waals surface area contributed by atoms with E-state index in [0.717, 1.165) is 34.9 Å². The van der Waals surface area contributed by atoms with E-state index >= 15 is 0 Å². The molecule has 0 radical (unpaired) electrons. The third kappa shape index (κ3) is 2.47. The topological polar surface area (TPSA) is 64.7 Å². The SMILES string of the molecule is Cc1nccnc1-c1csc(C2(N)CCCC(C)C2)n1. The van der Waals surface area contributed by atoms with Gasteiger partial charge in [0, 0.05) is 17.8 Å². The fourth-order valence-corrected chi connectivity index (χ4v) is 4.02. The summed E-state index contributed by atoms with van der Waals surface area (Å²) in [7, 11) is 0. The average Bonchev–Trinajstić information content (AvgIpc) is 2.89. The standard InChI is InChI=1S/C15H20N4S/c1-10-4-3-5-15(16,8-10)14-19-12(9-20-14)13-11(2)17-6-7-18-13/h6-7,9-10H,3-5,8,16H2,1-2H3. The van der Waals surface area contributed by atoms with Crippen LogP contribution in [0.3, 0.4) is 0 Å². The van der Waals surface area contributed by atoms with E-state index in [1.54, 1.807) is 23.7 Å². The lowest BCUT2D eigenvalue weighted by Crippen LogP contribution is -2.40. The highest BCUT2D eigenvalue weighted by atomic mass is 32.1. The van der Waals surface area contributed by atoms with Crippen LogP contribution in [0.4, 0.5) is 0 Å². The zero-order valence-electron chi connectivity index (χ0n) is 12.0. The van der Waals surface area contributed by atoms with Crippen molar-refractivity contribution in [2.24, 2.45) is 11.7 Å². The molecular formula is C15H20N4S. The molecule has 2 heterocycles. The first-order valence-corrected chi connectivity index (χ1v) is 7.99. The first-order chi connectivity index (χ1) is 9.58. The monoisotopic (exact) mass is 288 g/mol. The van der Waals surface area contributed by atoms with Crippen LogP contribution in [0, 0.1) is 12.8 Å². The Morgan fingerprint density at radius 2 is 2.15 bits per heavy atom. The van der Waals surface area contributed by atoms with Crippen LogP contribution in [-0.4, -0.2) is 15.0 Å². The Morgan fingerprint density at radius 3 is 2.90 bits per heavy atom. The van der Waals surface area contributed by atoms with E-state index < -0.39 is 0 Å². The zero-order valence-corrected chi connectivity index (χ0v) is 12.8. The number of thiazole rings is 1. The molecule has 4 nitrogen and oxygen atoms in total. The third-order valence-electron chi connectivity index (χ3n) is 4.09. The number of rotatable bonds is 2. The molecule has 2 atom stereocenters. The second-order valence-corrected chi connectivity index (χ2v) is 6.74. The van der Waals surface area contributed by atoms with Gasteiger partial charge in [0.2, 0.25) is 0 Å². The van der Waals surface area contributed by atoms with Gasteiger partial charge in [0.15, 0.2) is 0 Å². The number of aryl methyl sites for hydroxylation is 1. The van der Waals surface area contributed by atoms with Crippen LogP contribution in [0.5, 0.6) is 0 Å². The maximum atomic E-state index is 6.61. The molecule has 2 aromatic heterocycles. The molecule has 0 spiro atoms. The molecule has 1 saturated carbocycles. The second kappa shape index (κ2) is 5.22. The van der Waals surface area contributed by atoms with Crippen molar-refractivity contribution in [3.05, 3.63) is 28.5 Å². The molecule has 5 heteroatoms. The summed E-state index contributed by atoms with van der Waals surface area (Å²) in [5.74, 6) is 0.680. The highest BCUT2D eigenvalue weighted by Crippen LogP contribution is 2.39. The van der Waals surface area contributed by atoms with Crippen LogP contribution in [0.25, 0.3) is 11.4 Å². The Labute approximate surface area is 123 Å². The summed E-state index contributed by atoms with van der Waals surface area (Å²) in [6.45, 7) is 4.24. The summed E-state index contributed by atoms with van der Waals surface area (Å²) in [6.07, 6.45) is 7.95. The quantitative estimate of drug-likeness (QED) is 0.921. The normalized spacial score (nSPS) is 26.6. The van der Waals surface area contributed by atoms with Gasteiger partial charge in [-0.2, -0.15) is 0 Å². The van der Waals surface area contributed by atoms with Crippen molar-refractivity contribution in [3.63, 3.8) is 0 Å². The van der Waals surface area contributed by atoms with Crippen molar-refractivity contribution in [1.82, 2.24) is 15.0 Å². The van der Waals surface area contributed by atoms with Gasteiger partial charge in [0.1, 0.15) is 16.4 Å². The molecule has 1 fully saturated rings. The Morgan fingerprint density at radius 1 is 1.35 bits per heavy atom. The molecule has 2 N–H and O–H groups in total. The maximum Gasteiger partial charge on any atom is 0.113 e. The van der Waals surface area contributed by atoms with Crippen LogP contribution in [0.15, 0.2) is 17.8 Å². The minimum atomic E-state index is -0.253. The van der Waals surface area contributed by atoms with E-state index in [2.05, 4.69) is 22.3 Å². The molecule has 0 amide bonds. The van der Waals surface area contributed by atoms with Gasteiger partial charge in [-0.3, -0.25) is 9.97 Å². The van der Waals surface area contributed by atoms with Crippen molar-refractivity contribution < 1.29 is 0 Å². The summed E-state index contributed by atoms with van der Waals surface area (Å²) in [4.78, 5) is 13.4. The van der Waals surface area contributed by atoms with Gasteiger partial charge in [-0.1, -0.05) is 19.8 Å². The van der Waals surface area contributed by atoms with Gasteiger partial charge in [0.25, 0.3) is 0 Å². The largest absolute Gasteiger partial charge is 0.319 e. The fraction of sp³-hybridized carbons (Fsp3) is 0.533. The van der Waals surface area contributed by atoms with Crippen LogP contribution in [0.1, 0.15) is 43.3 Å². The summed E-state index contributed by atoms with van der Waals surface area (Å²) < 4.78 is 0. The van der Waals surface area contributed by atoms with Crippen LogP contribution in [0.2, 0.25) is 0 Å². The minimum absolute atomic E-state index is 0.253. The summed E-state index contributed by atoms with van der Waals surface area (Å²) in [5.41, 5.74) is 9.03. The second-order valence-electron chi connectivity index (χ2n) is 5.89. The lowest BCUT2D eigenvalue weighted by atomic mass is 9.77. The Bertz CT molecular complexity index is 609. The number of nitrogens with zero attached hydrogens (tertiary/aromatic N) is 3. The third-order valence-corrected chi connectivity index (χ3v) is 5.15. The Kier molecular flexibility index (Phi) is 3.56. The van der Waals surface area contributed by atoms with Gasteiger partial charge in [-0.15, -0.1) is 11.3 Å². The van der Waals surface area contributed by atoms with E-state index in [4.69, 9.17) is 10.7 Å². The van der Waals surface area contributed by atoms with Crippen LogP contribution >= 0.6 is 11.3 Å². The predicted molar refractivity (Wildman–Crippen MR) is 81.4 cm³/mol. The van der Waals surface area contributed by atoms with E-state index in [9.17, 15) is 0 Å². The first kappa shape index (κ1) is 13.6. The predicted octanol–water partition coefficient (Wildman–Crippen LogP) is 3.27. The maximum absolute atomic E-state index is 6.61. The number of aromatic nitrogens is 3. The van der Waals surface area contributed by atoms with E-state index in [1.165, 1.54) is 12.8 Å². The lowest BCUT2D eigenvalue weighted by Gasteiger charge is -2.35.